The van der Waals surface area contributed by atoms with Gasteiger partial charge in [0.15, 0.2) is 0 Å². The van der Waals surface area contributed by atoms with E-state index in [1.807, 2.05) is 7.05 Å². The van der Waals surface area contributed by atoms with E-state index in [4.69, 9.17) is 0 Å². The highest BCUT2D eigenvalue weighted by Gasteiger charge is 2.21. The fourth-order valence-electron chi connectivity index (χ4n) is 1.87. The van der Waals surface area contributed by atoms with Gasteiger partial charge < -0.3 is 14.9 Å². The molecule has 4 nitrogen and oxygen atoms in total. The van der Waals surface area contributed by atoms with Crippen molar-refractivity contribution in [3.63, 3.8) is 0 Å². The predicted octanol–water partition coefficient (Wildman–Crippen LogP) is 0.700. The first-order chi connectivity index (χ1) is 7.50. The Balaban J connectivity index is 2.29. The zero-order valence-corrected chi connectivity index (χ0v) is 10.6. The lowest BCUT2D eigenvalue weighted by atomic mass is 10.1. The molecule has 1 aliphatic heterocycles. The molecule has 1 unspecified atom stereocenters. The number of β-amino-alcohol motifs (C(OH)–C–C–N with tert-alkyl or cyclic N) is 1. The maximum atomic E-state index is 11.9. The van der Waals surface area contributed by atoms with E-state index < -0.39 is 0 Å². The van der Waals surface area contributed by atoms with Crippen LogP contribution in [0.4, 0.5) is 0 Å². The van der Waals surface area contributed by atoms with Crippen molar-refractivity contribution in [3.8, 4) is 0 Å². The van der Waals surface area contributed by atoms with Gasteiger partial charge in [-0.2, -0.15) is 0 Å². The molecular formula is C12H24N2O2. The number of rotatable bonds is 4. The van der Waals surface area contributed by atoms with Crippen LogP contribution in [-0.4, -0.2) is 59.6 Å². The van der Waals surface area contributed by atoms with Gasteiger partial charge in [-0.3, -0.25) is 4.79 Å². The monoisotopic (exact) mass is 228 g/mol. The van der Waals surface area contributed by atoms with Gasteiger partial charge in [0.05, 0.1) is 6.10 Å². The molecule has 1 N–H and O–H groups in total. The first kappa shape index (κ1) is 13.5. The van der Waals surface area contributed by atoms with Crippen molar-refractivity contribution in [3.05, 3.63) is 0 Å². The number of amides is 1. The Morgan fingerprint density at radius 1 is 1.56 bits per heavy atom. The van der Waals surface area contributed by atoms with Crippen molar-refractivity contribution in [2.75, 3.05) is 26.7 Å². The summed E-state index contributed by atoms with van der Waals surface area (Å²) in [5.74, 6) is 0.172. The average Bonchev–Trinajstić information content (AvgIpc) is 2.25. The zero-order chi connectivity index (χ0) is 12.1. The van der Waals surface area contributed by atoms with Gasteiger partial charge in [0, 0.05) is 32.1 Å². The summed E-state index contributed by atoms with van der Waals surface area (Å²) in [5, 5.41) is 9.49. The molecule has 0 aromatic carbocycles. The Morgan fingerprint density at radius 3 is 2.81 bits per heavy atom. The van der Waals surface area contributed by atoms with Crippen molar-refractivity contribution in [1.29, 1.82) is 0 Å². The molecule has 0 radical (unpaired) electrons. The van der Waals surface area contributed by atoms with E-state index in [0.29, 0.717) is 19.0 Å². The van der Waals surface area contributed by atoms with Crippen molar-refractivity contribution < 1.29 is 9.90 Å². The molecule has 16 heavy (non-hydrogen) atoms. The van der Waals surface area contributed by atoms with Gasteiger partial charge in [0.2, 0.25) is 5.91 Å². The molecule has 0 aromatic heterocycles. The van der Waals surface area contributed by atoms with Crippen LogP contribution in [0, 0.1) is 0 Å². The quantitative estimate of drug-likeness (QED) is 0.770. The first-order valence-corrected chi connectivity index (χ1v) is 6.16. The van der Waals surface area contributed by atoms with Crippen LogP contribution in [0.1, 0.15) is 33.1 Å². The van der Waals surface area contributed by atoms with E-state index in [2.05, 4.69) is 18.7 Å². The maximum Gasteiger partial charge on any atom is 0.223 e. The van der Waals surface area contributed by atoms with Crippen molar-refractivity contribution in [2.24, 2.45) is 0 Å². The van der Waals surface area contributed by atoms with E-state index in [0.717, 1.165) is 25.9 Å². The van der Waals surface area contributed by atoms with Crippen molar-refractivity contribution in [1.82, 2.24) is 9.80 Å². The second-order valence-corrected chi connectivity index (χ2v) is 4.96. The van der Waals surface area contributed by atoms with Gasteiger partial charge in [0.25, 0.3) is 0 Å². The molecule has 0 spiro atoms. The summed E-state index contributed by atoms with van der Waals surface area (Å²) in [4.78, 5) is 15.8. The molecule has 1 saturated heterocycles. The molecule has 0 aromatic rings. The number of hydrogen-bond acceptors (Lipinski definition) is 3. The van der Waals surface area contributed by atoms with Gasteiger partial charge in [0.1, 0.15) is 0 Å². The van der Waals surface area contributed by atoms with Gasteiger partial charge in [-0.05, 0) is 33.7 Å². The van der Waals surface area contributed by atoms with Crippen molar-refractivity contribution in [2.45, 2.75) is 45.3 Å². The smallest absolute Gasteiger partial charge is 0.223 e. The third-order valence-corrected chi connectivity index (χ3v) is 3.31. The fourth-order valence-corrected chi connectivity index (χ4v) is 1.87. The number of aliphatic hydroxyl groups excluding tert-OH is 1. The van der Waals surface area contributed by atoms with E-state index in [9.17, 15) is 9.90 Å². The Bertz CT molecular complexity index is 231. The lowest BCUT2D eigenvalue weighted by Gasteiger charge is -2.31. The molecule has 0 saturated carbocycles. The lowest BCUT2D eigenvalue weighted by Crippen LogP contribution is -2.43. The van der Waals surface area contributed by atoms with Gasteiger partial charge >= 0.3 is 0 Å². The number of carbonyl (C=O) groups excluding carboxylic acids is 1. The van der Waals surface area contributed by atoms with Crippen LogP contribution in [-0.2, 0) is 4.79 Å². The zero-order valence-electron chi connectivity index (χ0n) is 10.6. The highest BCUT2D eigenvalue weighted by molar-refractivity contribution is 5.76. The number of hydrogen-bond donors (Lipinski definition) is 1. The van der Waals surface area contributed by atoms with Crippen LogP contribution in [0.3, 0.4) is 0 Å². The third kappa shape index (κ3) is 4.10. The standard InChI is InChI=1S/C12H24N2O2/c1-10(2)13(3)8-6-12(16)14-7-4-5-11(15)9-14/h10-11,15H,4-9H2,1-3H3. The Morgan fingerprint density at radius 2 is 2.25 bits per heavy atom. The highest BCUT2D eigenvalue weighted by atomic mass is 16.3. The third-order valence-electron chi connectivity index (χ3n) is 3.31. The minimum Gasteiger partial charge on any atom is -0.391 e. The van der Waals surface area contributed by atoms with E-state index in [1.54, 1.807) is 4.90 Å². The number of likely N-dealkylation sites (tertiary alicyclic amines) is 1. The number of carbonyl (C=O) groups is 1. The van der Waals surface area contributed by atoms with Crippen LogP contribution < -0.4 is 0 Å². The SMILES string of the molecule is CC(C)N(C)CCC(=O)N1CCCC(O)C1. The molecular weight excluding hydrogens is 204 g/mol. The van der Waals surface area contributed by atoms with Gasteiger partial charge in [-0.15, -0.1) is 0 Å². The summed E-state index contributed by atoms with van der Waals surface area (Å²) in [6, 6.07) is 0.472. The lowest BCUT2D eigenvalue weighted by molar-refractivity contribution is -0.134. The highest BCUT2D eigenvalue weighted by Crippen LogP contribution is 2.11. The van der Waals surface area contributed by atoms with Gasteiger partial charge in [-0.1, -0.05) is 0 Å². The number of piperidine rings is 1. The Hall–Kier alpha value is -0.610. The number of aliphatic hydroxyl groups is 1. The van der Waals surface area contributed by atoms with Crippen molar-refractivity contribution >= 4 is 5.91 Å². The Labute approximate surface area is 98.2 Å². The summed E-state index contributed by atoms with van der Waals surface area (Å²) in [6.07, 6.45) is 1.99. The predicted molar refractivity (Wildman–Crippen MR) is 64.2 cm³/mol. The summed E-state index contributed by atoms with van der Waals surface area (Å²) in [6.45, 7) is 6.36. The molecule has 1 heterocycles. The van der Waals surface area contributed by atoms with Crippen LogP contribution in [0.25, 0.3) is 0 Å². The fraction of sp³-hybridized carbons (Fsp3) is 0.917. The topological polar surface area (TPSA) is 43.8 Å². The first-order valence-electron chi connectivity index (χ1n) is 6.16. The van der Waals surface area contributed by atoms with Crippen LogP contribution in [0.5, 0.6) is 0 Å². The molecule has 1 rings (SSSR count). The second-order valence-electron chi connectivity index (χ2n) is 4.96. The molecule has 1 aliphatic rings. The summed E-state index contributed by atoms with van der Waals surface area (Å²) < 4.78 is 0. The summed E-state index contributed by atoms with van der Waals surface area (Å²) in [5.41, 5.74) is 0. The van der Waals surface area contributed by atoms with E-state index in [-0.39, 0.29) is 12.0 Å². The molecule has 0 aliphatic carbocycles. The normalized spacial score (nSPS) is 21.9. The number of nitrogens with zero attached hydrogens (tertiary/aromatic N) is 2. The molecule has 1 amide bonds. The van der Waals surface area contributed by atoms with Crippen LogP contribution >= 0.6 is 0 Å². The largest absolute Gasteiger partial charge is 0.391 e. The second kappa shape index (κ2) is 6.21. The minimum absolute atomic E-state index is 0.172. The van der Waals surface area contributed by atoms with Gasteiger partial charge in [-0.25, -0.2) is 0 Å². The molecule has 0 bridgehead atoms. The molecule has 94 valence electrons. The molecule has 1 atom stereocenters. The summed E-state index contributed by atoms with van der Waals surface area (Å²) in [7, 11) is 2.03. The van der Waals surface area contributed by atoms with Crippen LogP contribution in [0.2, 0.25) is 0 Å². The Kier molecular flexibility index (Phi) is 5.22. The molecule has 4 heteroatoms. The molecule has 1 fully saturated rings. The average molecular weight is 228 g/mol. The van der Waals surface area contributed by atoms with Crippen LogP contribution in [0.15, 0.2) is 0 Å². The maximum absolute atomic E-state index is 11.9. The van der Waals surface area contributed by atoms with E-state index in [1.165, 1.54) is 0 Å². The van der Waals surface area contributed by atoms with E-state index >= 15 is 0 Å². The summed E-state index contributed by atoms with van der Waals surface area (Å²) >= 11 is 0. The minimum atomic E-state index is -0.319.